The molecule has 0 aliphatic rings. The Kier molecular flexibility index (Phi) is 5.62. The molecule has 2 N–H and O–H groups in total. The van der Waals surface area contributed by atoms with Crippen molar-refractivity contribution in [2.75, 3.05) is 11.1 Å². The lowest BCUT2D eigenvalue weighted by Crippen LogP contribution is -2.19. The van der Waals surface area contributed by atoms with Crippen LogP contribution in [-0.4, -0.2) is 36.5 Å². The van der Waals surface area contributed by atoms with Crippen molar-refractivity contribution < 1.29 is 4.79 Å². The van der Waals surface area contributed by atoms with Crippen molar-refractivity contribution in [3.8, 4) is 0 Å². The maximum Gasteiger partial charge on any atom is 0.274 e. The van der Waals surface area contributed by atoms with Crippen LogP contribution in [0, 0.1) is 6.92 Å². The van der Waals surface area contributed by atoms with E-state index < -0.39 is 0 Å². The van der Waals surface area contributed by atoms with Crippen molar-refractivity contribution in [1.82, 2.24) is 24.8 Å². The van der Waals surface area contributed by atoms with Gasteiger partial charge in [0.15, 0.2) is 0 Å². The molecule has 164 valence electrons. The van der Waals surface area contributed by atoms with E-state index in [2.05, 4.69) is 25.6 Å². The van der Waals surface area contributed by atoms with E-state index in [1.54, 1.807) is 0 Å². The Balaban J connectivity index is 1.33. The van der Waals surface area contributed by atoms with Gasteiger partial charge in [0.1, 0.15) is 5.69 Å². The molecule has 0 aliphatic heterocycles. The van der Waals surface area contributed by atoms with Gasteiger partial charge in [-0.1, -0.05) is 78.0 Å². The first-order valence-corrected chi connectivity index (χ1v) is 11.4. The standard InChI is InChI=1S/C24H20N6O2S/c1-15-9-11-16(12-10-15)13-20-22(32)26-23-27-28-24(30(23)29-20)33-14-21(31)25-19-8-4-6-17-5-2-3-7-18(17)19/h2-12H,13-14H2,1H3,(H,25,31)(H,26,27,32). The van der Waals surface area contributed by atoms with Gasteiger partial charge in [-0.25, -0.2) is 0 Å². The number of nitrogens with one attached hydrogen (secondary N) is 2. The highest BCUT2D eigenvalue weighted by Gasteiger charge is 2.14. The fourth-order valence-electron chi connectivity index (χ4n) is 3.53. The number of rotatable bonds is 6. The molecule has 5 aromatic rings. The van der Waals surface area contributed by atoms with Crippen molar-refractivity contribution in [3.63, 3.8) is 0 Å². The maximum atomic E-state index is 12.6. The number of carbonyl (C=O) groups is 1. The number of benzene rings is 3. The SMILES string of the molecule is Cc1ccc(Cc2nn3c(SCC(=O)Nc4cccc5ccccc45)nnc3[nH]c2=O)cc1. The minimum Gasteiger partial charge on any atom is -0.325 e. The van der Waals surface area contributed by atoms with E-state index in [0.29, 0.717) is 17.3 Å². The first kappa shape index (κ1) is 20.9. The molecular formula is C24H20N6O2S. The quantitative estimate of drug-likeness (QED) is 0.378. The van der Waals surface area contributed by atoms with Crippen LogP contribution < -0.4 is 10.9 Å². The van der Waals surface area contributed by atoms with Gasteiger partial charge in [-0.05, 0) is 23.9 Å². The predicted molar refractivity (Wildman–Crippen MR) is 129 cm³/mol. The highest BCUT2D eigenvalue weighted by molar-refractivity contribution is 7.99. The monoisotopic (exact) mass is 456 g/mol. The number of aromatic nitrogens is 5. The highest BCUT2D eigenvalue weighted by atomic mass is 32.2. The zero-order chi connectivity index (χ0) is 22.8. The molecule has 0 saturated heterocycles. The lowest BCUT2D eigenvalue weighted by Gasteiger charge is -2.08. The third kappa shape index (κ3) is 4.49. The van der Waals surface area contributed by atoms with Gasteiger partial charge in [0.05, 0.1) is 5.75 Å². The molecule has 0 radical (unpaired) electrons. The van der Waals surface area contributed by atoms with Gasteiger partial charge in [-0.15, -0.1) is 10.2 Å². The third-order valence-corrected chi connectivity index (χ3v) is 6.13. The summed E-state index contributed by atoms with van der Waals surface area (Å²) >= 11 is 1.20. The summed E-state index contributed by atoms with van der Waals surface area (Å²) in [5.74, 6) is 0.194. The number of aromatic amines is 1. The number of fused-ring (bicyclic) bond motifs is 2. The molecule has 5 rings (SSSR count). The number of aryl methyl sites for hydroxylation is 1. The Morgan fingerprint density at radius 2 is 1.82 bits per heavy atom. The zero-order valence-electron chi connectivity index (χ0n) is 17.8. The summed E-state index contributed by atoms with van der Waals surface area (Å²) in [4.78, 5) is 27.7. The lowest BCUT2D eigenvalue weighted by molar-refractivity contribution is -0.113. The van der Waals surface area contributed by atoms with Crippen LogP contribution in [0.3, 0.4) is 0 Å². The van der Waals surface area contributed by atoms with Crippen LogP contribution in [0.15, 0.2) is 76.7 Å². The van der Waals surface area contributed by atoms with Crippen LogP contribution in [0.5, 0.6) is 0 Å². The minimum atomic E-state index is -0.305. The van der Waals surface area contributed by atoms with Crippen molar-refractivity contribution in [1.29, 1.82) is 0 Å². The van der Waals surface area contributed by atoms with Crippen molar-refractivity contribution in [3.05, 3.63) is 93.9 Å². The van der Waals surface area contributed by atoms with Crippen molar-refractivity contribution in [2.45, 2.75) is 18.5 Å². The summed E-state index contributed by atoms with van der Waals surface area (Å²) in [6.45, 7) is 2.01. The van der Waals surface area contributed by atoms with E-state index in [9.17, 15) is 9.59 Å². The summed E-state index contributed by atoms with van der Waals surface area (Å²) in [5, 5.41) is 17.9. The molecule has 0 fully saturated rings. The lowest BCUT2D eigenvalue weighted by atomic mass is 10.1. The highest BCUT2D eigenvalue weighted by Crippen LogP contribution is 2.23. The first-order valence-electron chi connectivity index (χ1n) is 10.4. The minimum absolute atomic E-state index is 0.123. The van der Waals surface area contributed by atoms with Gasteiger partial charge in [0.25, 0.3) is 11.3 Å². The Bertz CT molecular complexity index is 1520. The molecule has 0 saturated carbocycles. The van der Waals surface area contributed by atoms with Crippen molar-refractivity contribution >= 4 is 39.9 Å². The van der Waals surface area contributed by atoms with Gasteiger partial charge in [-0.3, -0.25) is 14.6 Å². The van der Waals surface area contributed by atoms with Crippen LogP contribution >= 0.6 is 11.8 Å². The first-order chi connectivity index (χ1) is 16.1. The topological polar surface area (TPSA) is 105 Å². The molecule has 2 aromatic heterocycles. The van der Waals surface area contributed by atoms with Crippen LogP contribution in [0.1, 0.15) is 16.8 Å². The van der Waals surface area contributed by atoms with E-state index in [0.717, 1.165) is 27.6 Å². The number of H-pyrrole nitrogens is 1. The molecule has 0 bridgehead atoms. The average Bonchev–Trinajstić information content (AvgIpc) is 3.21. The molecule has 9 heteroatoms. The molecule has 8 nitrogen and oxygen atoms in total. The summed E-state index contributed by atoms with van der Waals surface area (Å²) in [6, 6.07) is 21.6. The Hall–Kier alpha value is -3.98. The molecule has 0 atom stereocenters. The second kappa shape index (κ2) is 8.87. The summed E-state index contributed by atoms with van der Waals surface area (Å²) in [5.41, 5.74) is 2.94. The predicted octanol–water partition coefficient (Wildman–Crippen LogP) is 3.60. The van der Waals surface area contributed by atoms with E-state index in [1.807, 2.05) is 73.7 Å². The van der Waals surface area contributed by atoms with Gasteiger partial charge in [0, 0.05) is 17.5 Å². The van der Waals surface area contributed by atoms with Crippen LogP contribution in [0.25, 0.3) is 16.6 Å². The number of anilines is 1. The van der Waals surface area contributed by atoms with E-state index in [4.69, 9.17) is 0 Å². The normalized spacial score (nSPS) is 11.2. The van der Waals surface area contributed by atoms with Gasteiger partial charge < -0.3 is 5.32 Å². The molecule has 3 aromatic carbocycles. The van der Waals surface area contributed by atoms with Crippen molar-refractivity contribution in [2.24, 2.45) is 0 Å². The van der Waals surface area contributed by atoms with E-state index >= 15 is 0 Å². The smallest absolute Gasteiger partial charge is 0.274 e. The van der Waals surface area contributed by atoms with Gasteiger partial charge >= 0.3 is 0 Å². The number of carbonyl (C=O) groups excluding carboxylic acids is 1. The largest absolute Gasteiger partial charge is 0.325 e. The molecule has 33 heavy (non-hydrogen) atoms. The number of hydrogen-bond donors (Lipinski definition) is 2. The van der Waals surface area contributed by atoms with Crippen LogP contribution in [0.2, 0.25) is 0 Å². The third-order valence-electron chi connectivity index (χ3n) is 5.21. The Morgan fingerprint density at radius 1 is 1.03 bits per heavy atom. The summed E-state index contributed by atoms with van der Waals surface area (Å²) < 4.78 is 1.47. The molecule has 0 spiro atoms. The zero-order valence-corrected chi connectivity index (χ0v) is 18.6. The number of thioether (sulfide) groups is 1. The molecule has 0 aliphatic carbocycles. The second-order valence-corrected chi connectivity index (χ2v) is 8.59. The number of nitrogens with zero attached hydrogens (tertiary/aromatic N) is 4. The molecule has 2 heterocycles. The van der Waals surface area contributed by atoms with E-state index in [-0.39, 0.29) is 23.0 Å². The average molecular weight is 457 g/mol. The van der Waals surface area contributed by atoms with Gasteiger partial charge in [-0.2, -0.15) is 9.61 Å². The number of amides is 1. The van der Waals surface area contributed by atoms with Crippen LogP contribution in [-0.2, 0) is 11.2 Å². The maximum absolute atomic E-state index is 12.6. The summed E-state index contributed by atoms with van der Waals surface area (Å²) in [6.07, 6.45) is 0.384. The number of hydrogen-bond acceptors (Lipinski definition) is 6. The fourth-order valence-corrected chi connectivity index (χ4v) is 4.21. The molecule has 0 unspecified atom stereocenters. The summed E-state index contributed by atoms with van der Waals surface area (Å²) in [7, 11) is 0. The molecule has 1 amide bonds. The second-order valence-electron chi connectivity index (χ2n) is 7.64. The molecular weight excluding hydrogens is 436 g/mol. The van der Waals surface area contributed by atoms with Gasteiger partial charge in [0.2, 0.25) is 11.1 Å². The van der Waals surface area contributed by atoms with Crippen LogP contribution in [0.4, 0.5) is 5.69 Å². The van der Waals surface area contributed by atoms with E-state index in [1.165, 1.54) is 16.3 Å². The fraction of sp³-hybridized carbons (Fsp3) is 0.125. The Labute approximate surface area is 193 Å². The Morgan fingerprint density at radius 3 is 2.67 bits per heavy atom.